The van der Waals surface area contributed by atoms with Crippen LogP contribution >= 0.6 is 0 Å². The molecule has 2 fully saturated rings. The molecule has 0 spiro atoms. The molecule has 2 heteroatoms. The Morgan fingerprint density at radius 3 is 2.76 bits per heavy atom. The summed E-state index contributed by atoms with van der Waals surface area (Å²) in [4.78, 5) is 2.75. The fourth-order valence-corrected chi connectivity index (χ4v) is 3.58. The molecule has 0 aromatic carbocycles. The highest BCUT2D eigenvalue weighted by Crippen LogP contribution is 2.28. The Balaban J connectivity index is 1.79. The molecular formula is C15H30N2. The van der Waals surface area contributed by atoms with Crippen molar-refractivity contribution in [1.82, 2.24) is 10.2 Å². The predicted molar refractivity (Wildman–Crippen MR) is 74.3 cm³/mol. The Kier molecular flexibility index (Phi) is 5.30. The van der Waals surface area contributed by atoms with Gasteiger partial charge >= 0.3 is 0 Å². The second-order valence-corrected chi connectivity index (χ2v) is 6.09. The van der Waals surface area contributed by atoms with E-state index in [0.29, 0.717) is 0 Å². The Labute approximate surface area is 107 Å². The maximum atomic E-state index is 3.76. The van der Waals surface area contributed by atoms with Crippen molar-refractivity contribution in [2.45, 2.75) is 70.9 Å². The van der Waals surface area contributed by atoms with E-state index in [2.05, 4.69) is 24.1 Å². The molecule has 2 nitrogen and oxygen atoms in total. The number of rotatable bonds is 5. The van der Waals surface area contributed by atoms with Gasteiger partial charge in [-0.3, -0.25) is 0 Å². The molecule has 0 aromatic heterocycles. The Hall–Kier alpha value is -0.0800. The molecule has 2 aliphatic rings. The number of hydrogen-bond acceptors (Lipinski definition) is 2. The summed E-state index contributed by atoms with van der Waals surface area (Å²) in [6.07, 6.45) is 9.85. The van der Waals surface area contributed by atoms with Crippen LogP contribution in [0.1, 0.15) is 58.8 Å². The highest BCUT2D eigenvalue weighted by Gasteiger charge is 2.30. The van der Waals surface area contributed by atoms with E-state index in [9.17, 15) is 0 Å². The first-order valence-corrected chi connectivity index (χ1v) is 7.78. The van der Waals surface area contributed by atoms with E-state index in [1.165, 1.54) is 64.6 Å². The lowest BCUT2D eigenvalue weighted by Crippen LogP contribution is -2.44. The first-order chi connectivity index (χ1) is 8.31. The molecule has 1 saturated heterocycles. The van der Waals surface area contributed by atoms with Crippen LogP contribution in [0.5, 0.6) is 0 Å². The molecule has 3 atom stereocenters. The molecule has 17 heavy (non-hydrogen) atoms. The van der Waals surface area contributed by atoms with Gasteiger partial charge in [0.2, 0.25) is 0 Å². The van der Waals surface area contributed by atoms with Crippen LogP contribution in [0.3, 0.4) is 0 Å². The van der Waals surface area contributed by atoms with Crippen LogP contribution in [0.2, 0.25) is 0 Å². The largest absolute Gasteiger partial charge is 0.314 e. The maximum Gasteiger partial charge on any atom is 0.0107 e. The Morgan fingerprint density at radius 1 is 1.12 bits per heavy atom. The van der Waals surface area contributed by atoms with Crippen molar-refractivity contribution in [3.8, 4) is 0 Å². The Bertz CT molecular complexity index is 217. The van der Waals surface area contributed by atoms with Gasteiger partial charge < -0.3 is 10.2 Å². The van der Waals surface area contributed by atoms with Gasteiger partial charge in [-0.15, -0.1) is 0 Å². The van der Waals surface area contributed by atoms with Gasteiger partial charge in [-0.05, 0) is 58.0 Å². The van der Waals surface area contributed by atoms with Crippen LogP contribution in [-0.4, -0.2) is 36.6 Å². The average molecular weight is 238 g/mol. The van der Waals surface area contributed by atoms with Gasteiger partial charge in [0.25, 0.3) is 0 Å². The third-order valence-electron chi connectivity index (χ3n) is 4.73. The molecule has 0 amide bonds. The minimum absolute atomic E-state index is 0.809. The summed E-state index contributed by atoms with van der Waals surface area (Å²) in [5.74, 6) is 0.919. The third-order valence-corrected chi connectivity index (χ3v) is 4.73. The van der Waals surface area contributed by atoms with Crippen molar-refractivity contribution < 1.29 is 0 Å². The zero-order chi connectivity index (χ0) is 12.1. The Morgan fingerprint density at radius 2 is 2.00 bits per heavy atom. The number of piperidine rings is 1. The summed E-state index contributed by atoms with van der Waals surface area (Å²) in [6.45, 7) is 8.59. The maximum absolute atomic E-state index is 3.76. The fourth-order valence-electron chi connectivity index (χ4n) is 3.58. The average Bonchev–Trinajstić information content (AvgIpc) is 2.77. The van der Waals surface area contributed by atoms with Crippen molar-refractivity contribution in [3.63, 3.8) is 0 Å². The van der Waals surface area contributed by atoms with Crippen LogP contribution in [0, 0.1) is 5.92 Å². The van der Waals surface area contributed by atoms with Gasteiger partial charge in [0, 0.05) is 18.6 Å². The minimum atomic E-state index is 0.809. The zero-order valence-electron chi connectivity index (χ0n) is 11.8. The smallest absolute Gasteiger partial charge is 0.0107 e. The molecule has 0 bridgehead atoms. The van der Waals surface area contributed by atoms with E-state index in [-0.39, 0.29) is 0 Å². The second-order valence-electron chi connectivity index (χ2n) is 6.09. The first kappa shape index (κ1) is 13.4. The minimum Gasteiger partial charge on any atom is -0.314 e. The number of nitrogens with zero attached hydrogens (tertiary/aromatic N) is 1. The standard InChI is InChI=1S/C15H30N2/c1-3-10-16-15-9-6-8-14(15)12-17-11-5-4-7-13(17)2/h13-16H,3-12H2,1-2H3. The molecule has 3 unspecified atom stereocenters. The molecule has 1 saturated carbocycles. The van der Waals surface area contributed by atoms with Crippen LogP contribution in [-0.2, 0) is 0 Å². The highest BCUT2D eigenvalue weighted by atomic mass is 15.2. The van der Waals surface area contributed by atoms with Gasteiger partial charge in [0.05, 0.1) is 0 Å². The lowest BCUT2D eigenvalue weighted by atomic mass is 9.98. The monoisotopic (exact) mass is 238 g/mol. The molecule has 1 N–H and O–H groups in total. The van der Waals surface area contributed by atoms with Crippen molar-refractivity contribution in [1.29, 1.82) is 0 Å². The lowest BCUT2D eigenvalue weighted by molar-refractivity contribution is 0.129. The summed E-state index contributed by atoms with van der Waals surface area (Å²) < 4.78 is 0. The summed E-state index contributed by atoms with van der Waals surface area (Å²) in [6, 6.07) is 1.64. The van der Waals surface area contributed by atoms with Crippen LogP contribution in [0.15, 0.2) is 0 Å². The number of hydrogen-bond donors (Lipinski definition) is 1. The molecule has 0 radical (unpaired) electrons. The molecule has 1 aliphatic heterocycles. The van der Waals surface area contributed by atoms with Crippen LogP contribution < -0.4 is 5.32 Å². The van der Waals surface area contributed by atoms with Gasteiger partial charge in [-0.2, -0.15) is 0 Å². The highest BCUT2D eigenvalue weighted by molar-refractivity contribution is 4.87. The number of nitrogens with one attached hydrogen (secondary N) is 1. The summed E-state index contributed by atoms with van der Waals surface area (Å²) in [7, 11) is 0. The molecule has 100 valence electrons. The fraction of sp³-hybridized carbons (Fsp3) is 1.00. The van der Waals surface area contributed by atoms with Crippen LogP contribution in [0.4, 0.5) is 0 Å². The van der Waals surface area contributed by atoms with Gasteiger partial charge in [-0.1, -0.05) is 19.8 Å². The topological polar surface area (TPSA) is 15.3 Å². The van der Waals surface area contributed by atoms with E-state index >= 15 is 0 Å². The molecule has 1 aliphatic carbocycles. The summed E-state index contributed by atoms with van der Waals surface area (Å²) in [5, 5.41) is 3.76. The van der Waals surface area contributed by atoms with Crippen molar-refractivity contribution in [2.75, 3.05) is 19.6 Å². The molecule has 1 heterocycles. The zero-order valence-corrected chi connectivity index (χ0v) is 11.8. The SMILES string of the molecule is CCCNC1CCCC1CN1CCCCC1C. The van der Waals surface area contributed by atoms with E-state index < -0.39 is 0 Å². The van der Waals surface area contributed by atoms with E-state index in [4.69, 9.17) is 0 Å². The van der Waals surface area contributed by atoms with Gasteiger partial charge in [0.15, 0.2) is 0 Å². The third kappa shape index (κ3) is 3.69. The lowest BCUT2D eigenvalue weighted by Gasteiger charge is -2.36. The van der Waals surface area contributed by atoms with Crippen molar-refractivity contribution in [2.24, 2.45) is 5.92 Å². The molecule has 2 rings (SSSR count). The normalized spacial score (nSPS) is 35.3. The van der Waals surface area contributed by atoms with E-state index in [1.54, 1.807) is 0 Å². The summed E-state index contributed by atoms with van der Waals surface area (Å²) in [5.41, 5.74) is 0. The van der Waals surface area contributed by atoms with E-state index in [1.807, 2.05) is 0 Å². The van der Waals surface area contributed by atoms with Gasteiger partial charge in [-0.25, -0.2) is 0 Å². The first-order valence-electron chi connectivity index (χ1n) is 7.78. The van der Waals surface area contributed by atoms with Crippen LogP contribution in [0.25, 0.3) is 0 Å². The quantitative estimate of drug-likeness (QED) is 0.792. The molecular weight excluding hydrogens is 208 g/mol. The molecule has 0 aromatic rings. The summed E-state index contributed by atoms with van der Waals surface area (Å²) >= 11 is 0. The predicted octanol–water partition coefficient (Wildman–Crippen LogP) is 3.03. The second kappa shape index (κ2) is 6.75. The van der Waals surface area contributed by atoms with Crippen molar-refractivity contribution in [3.05, 3.63) is 0 Å². The van der Waals surface area contributed by atoms with Gasteiger partial charge in [0.1, 0.15) is 0 Å². The van der Waals surface area contributed by atoms with Crippen molar-refractivity contribution >= 4 is 0 Å². The number of likely N-dealkylation sites (tertiary alicyclic amines) is 1. The van der Waals surface area contributed by atoms with E-state index in [0.717, 1.165) is 18.0 Å².